The molecule has 0 atom stereocenters. The molecule has 0 aliphatic carbocycles. The van der Waals surface area contributed by atoms with Gasteiger partial charge in [0, 0.05) is 11.3 Å². The molecule has 0 radical (unpaired) electrons. The highest BCUT2D eigenvalue weighted by molar-refractivity contribution is 6.39. The molecule has 0 saturated heterocycles. The van der Waals surface area contributed by atoms with Gasteiger partial charge in [-0.3, -0.25) is 9.59 Å². The maximum absolute atomic E-state index is 13.8. The average Bonchev–Trinajstić information content (AvgIpc) is 2.76. The number of nitrogens with one attached hydrogen (secondary N) is 2. The molecule has 0 unspecified atom stereocenters. The van der Waals surface area contributed by atoms with Crippen molar-refractivity contribution in [3.05, 3.63) is 93.8 Å². The molecular weight excluding hydrogens is 445 g/mol. The number of rotatable bonds is 6. The molecule has 0 aliphatic heterocycles. The molecule has 0 bridgehead atoms. The van der Waals surface area contributed by atoms with Crippen molar-refractivity contribution >= 4 is 34.8 Å². The summed E-state index contributed by atoms with van der Waals surface area (Å²) in [6.07, 6.45) is 0. The number of carbonyl (C=O) groups excluding carboxylic acids is 2. The van der Waals surface area contributed by atoms with Gasteiger partial charge < -0.3 is 10.1 Å². The molecule has 2 amide bonds. The molecule has 2 N–H and O–H groups in total. The van der Waals surface area contributed by atoms with Gasteiger partial charge in [0.15, 0.2) is 0 Å². The highest BCUT2D eigenvalue weighted by Gasteiger charge is 2.14. The van der Waals surface area contributed by atoms with Crippen molar-refractivity contribution in [2.24, 2.45) is 5.10 Å². The van der Waals surface area contributed by atoms with Crippen molar-refractivity contribution in [3.8, 4) is 5.75 Å². The Morgan fingerprint density at radius 1 is 1.00 bits per heavy atom. The fourth-order valence-corrected chi connectivity index (χ4v) is 3.32. The van der Waals surface area contributed by atoms with Gasteiger partial charge in [-0.1, -0.05) is 23.7 Å². The monoisotopic (exact) mass is 467 g/mol. The van der Waals surface area contributed by atoms with Crippen molar-refractivity contribution in [1.82, 2.24) is 5.43 Å². The molecule has 0 fully saturated rings. The van der Waals surface area contributed by atoms with Crippen LogP contribution in [0.2, 0.25) is 5.02 Å². The Morgan fingerprint density at radius 3 is 2.30 bits per heavy atom. The van der Waals surface area contributed by atoms with Crippen molar-refractivity contribution in [2.45, 2.75) is 27.4 Å². The molecular formula is C25H23ClFN3O3. The lowest BCUT2D eigenvalue weighted by Gasteiger charge is -2.09. The largest absolute Gasteiger partial charge is 0.489 e. The number of hydrogen-bond donors (Lipinski definition) is 2. The van der Waals surface area contributed by atoms with Gasteiger partial charge in [0.1, 0.15) is 18.2 Å². The van der Waals surface area contributed by atoms with E-state index in [1.165, 1.54) is 12.1 Å². The number of anilines is 1. The van der Waals surface area contributed by atoms with Crippen molar-refractivity contribution in [2.75, 3.05) is 5.32 Å². The Kier molecular flexibility index (Phi) is 7.79. The summed E-state index contributed by atoms with van der Waals surface area (Å²) in [4.78, 5) is 24.2. The standard InChI is InChI=1S/C25H23ClFN3O3/c1-15-11-16(2)13-19(12-15)28-24(31)25(32)30-29-17(3)18-7-9-20(10-8-18)33-14-21-22(26)5-4-6-23(21)27/h4-13H,14H2,1-3H3,(H,28,31)(H,30,32)/b29-17+. The summed E-state index contributed by atoms with van der Waals surface area (Å²) in [5.41, 5.74) is 6.23. The van der Waals surface area contributed by atoms with Crippen LogP contribution in [0, 0.1) is 19.7 Å². The van der Waals surface area contributed by atoms with E-state index in [4.69, 9.17) is 16.3 Å². The van der Waals surface area contributed by atoms with E-state index in [-0.39, 0.29) is 12.2 Å². The second kappa shape index (κ2) is 10.7. The smallest absolute Gasteiger partial charge is 0.329 e. The number of aryl methyl sites for hydroxylation is 2. The second-order valence-electron chi connectivity index (χ2n) is 7.48. The van der Waals surface area contributed by atoms with Gasteiger partial charge in [0.25, 0.3) is 0 Å². The second-order valence-corrected chi connectivity index (χ2v) is 7.89. The number of halogens is 2. The molecule has 0 aromatic heterocycles. The number of carbonyl (C=O) groups is 2. The predicted octanol–water partition coefficient (Wildman–Crippen LogP) is 5.15. The fourth-order valence-electron chi connectivity index (χ4n) is 3.10. The van der Waals surface area contributed by atoms with Crippen LogP contribution in [0.25, 0.3) is 0 Å². The SMILES string of the molecule is C/C(=N\NC(=O)C(=O)Nc1cc(C)cc(C)c1)c1ccc(OCc2c(F)cccc2Cl)cc1. The zero-order chi connectivity index (χ0) is 24.0. The molecule has 0 heterocycles. The third-order valence-electron chi connectivity index (χ3n) is 4.73. The number of ether oxygens (including phenoxy) is 1. The molecule has 0 aliphatic rings. The number of amides is 2. The molecule has 170 valence electrons. The summed E-state index contributed by atoms with van der Waals surface area (Å²) in [6, 6.07) is 16.8. The normalized spacial score (nSPS) is 11.1. The van der Waals surface area contributed by atoms with Gasteiger partial charge in [0.05, 0.1) is 10.7 Å². The number of benzene rings is 3. The number of hydrazone groups is 1. The highest BCUT2D eigenvalue weighted by atomic mass is 35.5. The lowest BCUT2D eigenvalue weighted by Crippen LogP contribution is -2.33. The van der Waals surface area contributed by atoms with E-state index in [1.54, 1.807) is 49.4 Å². The maximum Gasteiger partial charge on any atom is 0.329 e. The zero-order valence-electron chi connectivity index (χ0n) is 18.4. The maximum atomic E-state index is 13.8. The summed E-state index contributed by atoms with van der Waals surface area (Å²) >= 11 is 6.01. The molecule has 3 aromatic rings. The summed E-state index contributed by atoms with van der Waals surface area (Å²) in [7, 11) is 0. The third-order valence-corrected chi connectivity index (χ3v) is 5.08. The minimum absolute atomic E-state index is 0.0104. The van der Waals surface area contributed by atoms with Crippen LogP contribution in [-0.4, -0.2) is 17.5 Å². The van der Waals surface area contributed by atoms with Crippen LogP contribution in [0.15, 0.2) is 65.8 Å². The fraction of sp³-hybridized carbons (Fsp3) is 0.160. The van der Waals surface area contributed by atoms with Crippen LogP contribution in [0.3, 0.4) is 0 Å². The van der Waals surface area contributed by atoms with Gasteiger partial charge in [-0.25, -0.2) is 9.82 Å². The third kappa shape index (κ3) is 6.63. The van der Waals surface area contributed by atoms with Gasteiger partial charge in [-0.15, -0.1) is 0 Å². The molecule has 8 heteroatoms. The van der Waals surface area contributed by atoms with E-state index in [1.807, 2.05) is 19.9 Å². The molecule has 0 spiro atoms. The highest BCUT2D eigenvalue weighted by Crippen LogP contribution is 2.22. The zero-order valence-corrected chi connectivity index (χ0v) is 19.2. The first-order valence-corrected chi connectivity index (χ1v) is 10.5. The van der Waals surface area contributed by atoms with Crippen molar-refractivity contribution in [3.63, 3.8) is 0 Å². The van der Waals surface area contributed by atoms with Crippen molar-refractivity contribution in [1.29, 1.82) is 0 Å². The van der Waals surface area contributed by atoms with Crippen LogP contribution >= 0.6 is 11.6 Å². The van der Waals surface area contributed by atoms with E-state index in [2.05, 4.69) is 15.8 Å². The summed E-state index contributed by atoms with van der Waals surface area (Å²) in [5, 5.41) is 6.84. The Morgan fingerprint density at radius 2 is 1.67 bits per heavy atom. The minimum Gasteiger partial charge on any atom is -0.489 e. The summed E-state index contributed by atoms with van der Waals surface area (Å²) in [5.74, 6) is -1.61. The van der Waals surface area contributed by atoms with Crippen LogP contribution in [0.5, 0.6) is 5.75 Å². The van der Waals surface area contributed by atoms with Crippen LogP contribution < -0.4 is 15.5 Å². The van der Waals surface area contributed by atoms with E-state index >= 15 is 0 Å². The van der Waals surface area contributed by atoms with Crippen LogP contribution in [0.1, 0.15) is 29.2 Å². The number of hydrogen-bond acceptors (Lipinski definition) is 4. The topological polar surface area (TPSA) is 79.8 Å². The molecule has 33 heavy (non-hydrogen) atoms. The molecule has 3 rings (SSSR count). The summed E-state index contributed by atoms with van der Waals surface area (Å²) < 4.78 is 19.4. The Balaban J connectivity index is 1.56. The van der Waals surface area contributed by atoms with E-state index in [9.17, 15) is 14.0 Å². The van der Waals surface area contributed by atoms with Gasteiger partial charge in [-0.2, -0.15) is 5.10 Å². The summed E-state index contributed by atoms with van der Waals surface area (Å²) in [6.45, 7) is 5.49. The lowest BCUT2D eigenvalue weighted by atomic mass is 10.1. The molecule has 0 saturated carbocycles. The van der Waals surface area contributed by atoms with E-state index in [0.29, 0.717) is 27.7 Å². The quantitative estimate of drug-likeness (QED) is 0.299. The average molecular weight is 468 g/mol. The first-order chi connectivity index (χ1) is 15.7. The minimum atomic E-state index is -0.879. The lowest BCUT2D eigenvalue weighted by molar-refractivity contribution is -0.136. The first kappa shape index (κ1) is 23.9. The van der Waals surface area contributed by atoms with E-state index in [0.717, 1.165) is 11.1 Å². The Bertz CT molecular complexity index is 1170. The van der Waals surface area contributed by atoms with Crippen molar-refractivity contribution < 1.29 is 18.7 Å². The van der Waals surface area contributed by atoms with E-state index < -0.39 is 17.6 Å². The van der Waals surface area contributed by atoms with Crippen LogP contribution in [0.4, 0.5) is 10.1 Å². The molecule has 6 nitrogen and oxygen atoms in total. The van der Waals surface area contributed by atoms with Crippen LogP contribution in [-0.2, 0) is 16.2 Å². The van der Waals surface area contributed by atoms with Gasteiger partial charge >= 0.3 is 11.8 Å². The number of nitrogens with zero attached hydrogens (tertiary/aromatic N) is 1. The molecule has 3 aromatic carbocycles. The van der Waals surface area contributed by atoms with Gasteiger partial charge in [0.2, 0.25) is 0 Å². The first-order valence-electron chi connectivity index (χ1n) is 10.1. The Labute approximate surface area is 196 Å². The Hall–Kier alpha value is -3.71. The van der Waals surface area contributed by atoms with Gasteiger partial charge in [-0.05, 0) is 86.0 Å². The predicted molar refractivity (Wildman–Crippen MR) is 127 cm³/mol.